The first-order valence-corrected chi connectivity index (χ1v) is 4.80. The van der Waals surface area contributed by atoms with Gasteiger partial charge in [0.15, 0.2) is 0 Å². The lowest BCUT2D eigenvalue weighted by Crippen LogP contribution is -2.16. The smallest absolute Gasteiger partial charge is 0.0641 e. The predicted molar refractivity (Wildman–Crippen MR) is 57.8 cm³/mol. The molecular formula is C11H17N3. The van der Waals surface area contributed by atoms with Crippen molar-refractivity contribution in [3.05, 3.63) is 17.5 Å². The van der Waals surface area contributed by atoms with Crippen LogP contribution >= 0.6 is 0 Å². The van der Waals surface area contributed by atoms with Gasteiger partial charge in [-0.15, -0.1) is 12.3 Å². The normalized spacial score (nSPS) is 12.4. The minimum atomic E-state index is 0.319. The average molecular weight is 191 g/mol. The lowest BCUT2D eigenvalue weighted by molar-refractivity contribution is 0.555. The van der Waals surface area contributed by atoms with E-state index in [0.717, 1.165) is 18.5 Å². The molecule has 14 heavy (non-hydrogen) atoms. The third-order valence-corrected chi connectivity index (χ3v) is 2.35. The molecule has 0 bridgehead atoms. The third-order valence-electron chi connectivity index (χ3n) is 2.35. The van der Waals surface area contributed by atoms with Crippen molar-refractivity contribution in [1.29, 1.82) is 0 Å². The van der Waals surface area contributed by atoms with Crippen molar-refractivity contribution in [2.45, 2.75) is 25.8 Å². The van der Waals surface area contributed by atoms with E-state index in [-0.39, 0.29) is 0 Å². The molecule has 1 rings (SSSR count). The van der Waals surface area contributed by atoms with E-state index in [1.165, 1.54) is 5.56 Å². The average Bonchev–Trinajstić information content (AvgIpc) is 2.47. The van der Waals surface area contributed by atoms with Crippen LogP contribution in [0.15, 0.2) is 6.20 Å². The Kier molecular flexibility index (Phi) is 3.73. The molecule has 1 aromatic heterocycles. The number of hydrogen-bond acceptors (Lipinski definition) is 2. The SMILES string of the molecule is C#CCCC(NC)c1cn(C)nc1C. The summed E-state index contributed by atoms with van der Waals surface area (Å²) in [6.07, 6.45) is 9.05. The molecule has 1 atom stereocenters. The van der Waals surface area contributed by atoms with E-state index >= 15 is 0 Å². The van der Waals surface area contributed by atoms with Crippen LogP contribution in [0.25, 0.3) is 0 Å². The van der Waals surface area contributed by atoms with Crippen LogP contribution in [0.4, 0.5) is 0 Å². The third kappa shape index (κ3) is 2.36. The Morgan fingerprint density at radius 3 is 2.86 bits per heavy atom. The Balaban J connectivity index is 2.79. The molecule has 0 spiro atoms. The highest BCUT2D eigenvalue weighted by Gasteiger charge is 2.13. The number of nitrogens with zero attached hydrogens (tertiary/aromatic N) is 2. The van der Waals surface area contributed by atoms with Crippen molar-refractivity contribution in [3.63, 3.8) is 0 Å². The molecule has 1 heterocycles. The van der Waals surface area contributed by atoms with Gasteiger partial charge in [0, 0.05) is 31.3 Å². The van der Waals surface area contributed by atoms with Crippen LogP contribution in [0.3, 0.4) is 0 Å². The Labute approximate surface area is 85.5 Å². The summed E-state index contributed by atoms with van der Waals surface area (Å²) in [6.45, 7) is 2.02. The van der Waals surface area contributed by atoms with Gasteiger partial charge in [-0.2, -0.15) is 5.10 Å². The van der Waals surface area contributed by atoms with E-state index < -0.39 is 0 Å². The summed E-state index contributed by atoms with van der Waals surface area (Å²) in [7, 11) is 3.89. The molecule has 0 aliphatic rings. The summed E-state index contributed by atoms with van der Waals surface area (Å²) in [5.74, 6) is 2.66. The molecule has 0 saturated heterocycles. The first-order valence-electron chi connectivity index (χ1n) is 4.80. The van der Waals surface area contributed by atoms with Gasteiger partial charge >= 0.3 is 0 Å². The minimum Gasteiger partial charge on any atom is -0.313 e. The zero-order chi connectivity index (χ0) is 10.6. The predicted octanol–water partition coefficient (Wildman–Crippen LogP) is 1.40. The van der Waals surface area contributed by atoms with Crippen LogP contribution in [0.5, 0.6) is 0 Å². The summed E-state index contributed by atoms with van der Waals surface area (Å²) in [5, 5.41) is 7.57. The van der Waals surface area contributed by atoms with Gasteiger partial charge in [0.25, 0.3) is 0 Å². The van der Waals surface area contributed by atoms with Crippen molar-refractivity contribution in [2.75, 3.05) is 7.05 Å². The maximum absolute atomic E-state index is 5.25. The molecule has 76 valence electrons. The number of hydrogen-bond donors (Lipinski definition) is 1. The molecule has 0 fully saturated rings. The van der Waals surface area contributed by atoms with E-state index in [1.807, 2.05) is 31.9 Å². The van der Waals surface area contributed by atoms with E-state index in [2.05, 4.69) is 16.3 Å². The zero-order valence-electron chi connectivity index (χ0n) is 9.04. The summed E-state index contributed by atoms with van der Waals surface area (Å²) < 4.78 is 1.84. The number of nitrogens with one attached hydrogen (secondary N) is 1. The zero-order valence-corrected chi connectivity index (χ0v) is 9.04. The van der Waals surface area contributed by atoms with Gasteiger partial charge in [-0.3, -0.25) is 4.68 Å². The molecular weight excluding hydrogens is 174 g/mol. The van der Waals surface area contributed by atoms with Crippen molar-refractivity contribution in [3.8, 4) is 12.3 Å². The van der Waals surface area contributed by atoms with Gasteiger partial charge in [0.1, 0.15) is 0 Å². The fourth-order valence-electron chi connectivity index (χ4n) is 1.64. The van der Waals surface area contributed by atoms with Crippen LogP contribution in [0.2, 0.25) is 0 Å². The number of aromatic nitrogens is 2. The second kappa shape index (κ2) is 4.83. The number of terminal acetylenes is 1. The monoisotopic (exact) mass is 191 g/mol. The second-order valence-electron chi connectivity index (χ2n) is 3.43. The van der Waals surface area contributed by atoms with E-state index in [9.17, 15) is 0 Å². The fourth-order valence-corrected chi connectivity index (χ4v) is 1.64. The second-order valence-corrected chi connectivity index (χ2v) is 3.43. The van der Waals surface area contributed by atoms with Crippen LogP contribution in [-0.2, 0) is 7.05 Å². The lowest BCUT2D eigenvalue weighted by atomic mass is 10.0. The summed E-state index contributed by atoms with van der Waals surface area (Å²) in [5.41, 5.74) is 2.31. The van der Waals surface area contributed by atoms with Crippen molar-refractivity contribution >= 4 is 0 Å². The Hall–Kier alpha value is -1.27. The molecule has 0 saturated carbocycles. The molecule has 3 heteroatoms. The highest BCUT2D eigenvalue weighted by Crippen LogP contribution is 2.20. The van der Waals surface area contributed by atoms with Gasteiger partial charge in [0.05, 0.1) is 5.69 Å². The molecule has 0 amide bonds. The molecule has 0 aromatic carbocycles. The molecule has 1 N–H and O–H groups in total. The molecule has 0 aliphatic heterocycles. The number of rotatable bonds is 4. The quantitative estimate of drug-likeness (QED) is 0.729. The van der Waals surface area contributed by atoms with Crippen molar-refractivity contribution in [1.82, 2.24) is 15.1 Å². The highest BCUT2D eigenvalue weighted by atomic mass is 15.3. The van der Waals surface area contributed by atoms with Gasteiger partial charge in [-0.25, -0.2) is 0 Å². The van der Waals surface area contributed by atoms with Gasteiger partial charge < -0.3 is 5.32 Å². The molecule has 1 unspecified atom stereocenters. The first kappa shape index (κ1) is 10.8. The topological polar surface area (TPSA) is 29.9 Å². The Morgan fingerprint density at radius 2 is 2.43 bits per heavy atom. The minimum absolute atomic E-state index is 0.319. The van der Waals surface area contributed by atoms with Crippen LogP contribution < -0.4 is 5.32 Å². The Bertz CT molecular complexity index is 333. The maximum Gasteiger partial charge on any atom is 0.0641 e. The van der Waals surface area contributed by atoms with Gasteiger partial charge in [-0.1, -0.05) is 0 Å². The number of aryl methyl sites for hydroxylation is 2. The standard InChI is InChI=1S/C11H17N3/c1-5-6-7-11(12-3)10-8-14(4)13-9(10)2/h1,8,11-12H,6-7H2,2-4H3. The molecule has 0 aliphatic carbocycles. The van der Waals surface area contributed by atoms with Crippen LogP contribution in [0, 0.1) is 19.3 Å². The summed E-state index contributed by atoms with van der Waals surface area (Å²) in [6, 6.07) is 0.319. The van der Waals surface area contributed by atoms with E-state index in [0.29, 0.717) is 6.04 Å². The lowest BCUT2D eigenvalue weighted by Gasteiger charge is -2.13. The largest absolute Gasteiger partial charge is 0.313 e. The fraction of sp³-hybridized carbons (Fsp3) is 0.545. The van der Waals surface area contributed by atoms with Gasteiger partial charge in [0.2, 0.25) is 0 Å². The van der Waals surface area contributed by atoms with Crippen molar-refractivity contribution < 1.29 is 0 Å². The molecule has 1 aromatic rings. The van der Waals surface area contributed by atoms with E-state index in [4.69, 9.17) is 6.42 Å². The Morgan fingerprint density at radius 1 is 1.71 bits per heavy atom. The highest BCUT2D eigenvalue weighted by molar-refractivity contribution is 5.20. The van der Waals surface area contributed by atoms with E-state index in [1.54, 1.807) is 0 Å². The van der Waals surface area contributed by atoms with Crippen molar-refractivity contribution in [2.24, 2.45) is 7.05 Å². The van der Waals surface area contributed by atoms with Crippen LogP contribution in [0.1, 0.15) is 30.1 Å². The molecule has 3 nitrogen and oxygen atoms in total. The van der Waals surface area contributed by atoms with Gasteiger partial charge in [-0.05, 0) is 20.4 Å². The summed E-state index contributed by atoms with van der Waals surface area (Å²) >= 11 is 0. The summed E-state index contributed by atoms with van der Waals surface area (Å²) in [4.78, 5) is 0. The first-order chi connectivity index (χ1) is 6.69. The van der Waals surface area contributed by atoms with Crippen LogP contribution in [-0.4, -0.2) is 16.8 Å². The maximum atomic E-state index is 5.25. The molecule has 0 radical (unpaired) electrons.